The van der Waals surface area contributed by atoms with Crippen LogP contribution >= 0.6 is 64.8 Å². The molecule has 5 aliphatic rings. The molecule has 0 aromatic heterocycles. The summed E-state index contributed by atoms with van der Waals surface area (Å²) < 4.78 is 47.5. The molecule has 0 saturated carbocycles. The van der Waals surface area contributed by atoms with Crippen molar-refractivity contribution < 1.29 is 105 Å². The normalized spacial score (nSPS) is 15.5. The summed E-state index contributed by atoms with van der Waals surface area (Å²) in [6.45, 7) is 8.78. The fourth-order valence-electron chi connectivity index (χ4n) is 5.64. The summed E-state index contributed by atoms with van der Waals surface area (Å²) in [5, 5.41) is 14.5. The number of imide groups is 2. The molecule has 7 N–H and O–H groups in total. The molecule has 30 nitrogen and oxygen atoms in total. The molecular formula is C45H72N8O22S6. The maximum Gasteiger partial charge on any atom is 0.335 e. The first-order valence-electron chi connectivity index (χ1n) is 25.6. The van der Waals surface area contributed by atoms with Crippen LogP contribution in [0.25, 0.3) is 0 Å². The molecular weight excluding hydrogens is 1200 g/mol. The number of carbonyl (C=O) groups excluding carboxylic acids is 11. The third-order valence-electron chi connectivity index (χ3n) is 9.74. The number of hydrogen-bond donors (Lipinski definition) is 6. The van der Waals surface area contributed by atoms with Gasteiger partial charge in [-0.15, -0.1) is 10.1 Å². The van der Waals surface area contributed by atoms with Crippen LogP contribution in [0, 0.1) is 0 Å². The molecule has 0 spiro atoms. The van der Waals surface area contributed by atoms with Crippen molar-refractivity contribution in [1.29, 1.82) is 0 Å². The van der Waals surface area contributed by atoms with Gasteiger partial charge in [-0.1, -0.05) is 64.8 Å². The second kappa shape index (κ2) is 45.7. The molecule has 460 valence electrons. The highest BCUT2D eigenvalue weighted by molar-refractivity contribution is 8.93. The zero-order chi connectivity index (χ0) is 58.7. The van der Waals surface area contributed by atoms with E-state index in [4.69, 9.17) is 48.4 Å². The number of nitrogens with two attached hydrogens (primary N) is 1. The van der Waals surface area contributed by atoms with Crippen molar-refractivity contribution in [2.45, 2.75) is 58.7 Å². The monoisotopic (exact) mass is 1270 g/mol. The molecule has 5 fully saturated rings. The number of hydroxylamine groups is 4. The van der Waals surface area contributed by atoms with Gasteiger partial charge in [0.2, 0.25) is 29.5 Å². The van der Waals surface area contributed by atoms with Crippen molar-refractivity contribution in [3.8, 4) is 0 Å². The van der Waals surface area contributed by atoms with Crippen LogP contribution in [0.1, 0.15) is 44.9 Å². The van der Waals surface area contributed by atoms with Gasteiger partial charge in [-0.2, -0.15) is 0 Å². The average Bonchev–Trinajstić information content (AvgIpc) is 4.33. The van der Waals surface area contributed by atoms with Crippen molar-refractivity contribution in [3.05, 3.63) is 0 Å². The predicted octanol–water partition coefficient (Wildman–Crippen LogP) is -1.80. The summed E-state index contributed by atoms with van der Waals surface area (Å²) in [6, 6.07) is 0. The Morgan fingerprint density at radius 1 is 0.370 bits per heavy atom. The lowest BCUT2D eigenvalue weighted by molar-refractivity contribution is -0.198. The van der Waals surface area contributed by atoms with E-state index < -0.39 is 35.6 Å². The third kappa shape index (κ3) is 38.0. The van der Waals surface area contributed by atoms with Gasteiger partial charge < -0.3 is 84.6 Å². The highest BCUT2D eigenvalue weighted by atomic mass is 33.2. The zero-order valence-corrected chi connectivity index (χ0v) is 49.5. The van der Waals surface area contributed by atoms with E-state index >= 15 is 0 Å². The molecule has 36 heteroatoms. The quantitative estimate of drug-likeness (QED) is 0.0129. The van der Waals surface area contributed by atoms with Crippen molar-refractivity contribution in [1.82, 2.24) is 36.7 Å². The van der Waals surface area contributed by atoms with Crippen molar-refractivity contribution in [2.75, 3.05) is 158 Å². The van der Waals surface area contributed by atoms with Crippen LogP contribution < -0.4 is 32.3 Å². The Bertz CT molecular complexity index is 1820. The smallest absolute Gasteiger partial charge is 0.335 e. The molecule has 0 unspecified atom stereocenters. The first-order valence-corrected chi connectivity index (χ1v) is 32.5. The number of nitrogens with zero attached hydrogens (tertiary/aromatic N) is 2. The number of nitrogens with one attached hydrogen (secondary N) is 5. The minimum atomic E-state index is -0.741. The van der Waals surface area contributed by atoms with Crippen LogP contribution in [0.15, 0.2) is 0 Å². The van der Waals surface area contributed by atoms with Gasteiger partial charge in [-0.3, -0.25) is 43.2 Å². The number of carbonyl (C=O) groups is 11. The molecule has 0 aliphatic carbocycles. The molecule has 81 heavy (non-hydrogen) atoms. The predicted molar refractivity (Wildman–Crippen MR) is 297 cm³/mol. The van der Waals surface area contributed by atoms with E-state index in [1.165, 1.54) is 0 Å². The molecule has 5 heterocycles. The minimum absolute atomic E-state index is 0.0288. The number of hydrogen-bond acceptors (Lipinski definition) is 29. The van der Waals surface area contributed by atoms with Crippen molar-refractivity contribution >= 4 is 130 Å². The van der Waals surface area contributed by atoms with Crippen LogP contribution in [-0.4, -0.2) is 247 Å². The van der Waals surface area contributed by atoms with Crippen molar-refractivity contribution in [2.24, 2.45) is 5.73 Å². The van der Waals surface area contributed by atoms with Crippen LogP contribution in [0.4, 0.5) is 0 Å². The lowest BCUT2D eigenvalue weighted by Gasteiger charge is -2.12. The molecule has 9 amide bonds. The van der Waals surface area contributed by atoms with Gasteiger partial charge in [0.25, 0.3) is 23.6 Å². The largest absolute Gasteiger partial charge is 0.378 e. The van der Waals surface area contributed by atoms with Gasteiger partial charge in [0.05, 0.1) is 132 Å². The Kier molecular flexibility index (Phi) is 40.3. The Morgan fingerprint density at radius 2 is 0.617 bits per heavy atom. The summed E-state index contributed by atoms with van der Waals surface area (Å²) in [5.41, 5.74) is 5.24. The Labute approximate surface area is 491 Å². The van der Waals surface area contributed by atoms with E-state index in [0.29, 0.717) is 129 Å². The summed E-state index contributed by atoms with van der Waals surface area (Å²) in [4.78, 5) is 135. The standard InChI is InChI=1S/C19H32N4O8S4.C18H24N2O11.C8H16N2O3S2/c24-14(20-1-5-28-9-11-30-7-3-22-16(26)18-32-33-18)13-15(25)21-2-6-29-10-12-31-8-4-23-17(27)19-34-35-19;21-13-1-2-14(22)19(13)30-17(25)5-7-27-9-11-29-12-10-28-8-6-18(26)31-20-15(23)3-4-16(20)24;9-1-3-12-5-6-13-4-2-10-7(11)8-14-15-8/h18-19H,1-13H2,(H,20,24)(H,21,25)(H,22,26)(H,23,27);1-12H2;8H,1-6,9H2,(H,10,11). The van der Waals surface area contributed by atoms with Crippen LogP contribution in [0.2, 0.25) is 0 Å². The Morgan fingerprint density at radius 3 is 0.889 bits per heavy atom. The third-order valence-corrected chi connectivity index (χ3v) is 15.6. The Balaban J connectivity index is 0.000000342. The van der Waals surface area contributed by atoms with Crippen LogP contribution in [0.3, 0.4) is 0 Å². The van der Waals surface area contributed by atoms with E-state index in [-0.39, 0.29) is 128 Å². The molecule has 0 atom stereocenters. The molecule has 0 radical (unpaired) electrons. The molecule has 0 bridgehead atoms. The van der Waals surface area contributed by atoms with Gasteiger partial charge >= 0.3 is 11.9 Å². The highest BCUT2D eigenvalue weighted by Gasteiger charge is 2.35. The molecule has 5 rings (SSSR count). The van der Waals surface area contributed by atoms with Crippen LogP contribution in [-0.2, 0) is 105 Å². The molecule has 5 saturated heterocycles. The summed E-state index contributed by atoms with van der Waals surface area (Å²) in [6.07, 6.45) is -0.360. The maximum atomic E-state index is 11.7. The van der Waals surface area contributed by atoms with E-state index in [0.717, 1.165) is 0 Å². The van der Waals surface area contributed by atoms with Crippen LogP contribution in [0.5, 0.6) is 0 Å². The topological polar surface area (TPSA) is 382 Å². The van der Waals surface area contributed by atoms with Crippen molar-refractivity contribution in [3.63, 3.8) is 0 Å². The van der Waals surface area contributed by atoms with E-state index in [2.05, 4.69) is 36.3 Å². The summed E-state index contributed by atoms with van der Waals surface area (Å²) >= 11 is 0. The first kappa shape index (κ1) is 71.5. The first-order chi connectivity index (χ1) is 39.3. The fraction of sp³-hybridized carbons (Fsp3) is 0.756. The summed E-state index contributed by atoms with van der Waals surface area (Å²) in [5.74, 6) is -4.25. The second-order valence-electron chi connectivity index (χ2n) is 16.2. The number of amides is 9. The van der Waals surface area contributed by atoms with E-state index in [9.17, 15) is 52.7 Å². The molecule has 5 aliphatic heterocycles. The SMILES string of the molecule is NCCOCCOCCNC(=O)C1SS1.O=C(CC(=O)NCCOCCOCCNC(=O)C1SS1)NCCOCCOCCNC(=O)C1SS1.O=C(CCOCCOCCOCCC(=O)ON1C(=O)CCC1=O)ON1C(=O)CCC1=O. The average molecular weight is 1270 g/mol. The van der Waals surface area contributed by atoms with E-state index in [1.807, 2.05) is 0 Å². The lowest BCUT2D eigenvalue weighted by Crippen LogP contribution is -2.35. The zero-order valence-electron chi connectivity index (χ0n) is 44.6. The van der Waals surface area contributed by atoms with Gasteiger partial charge in [0, 0.05) is 65.0 Å². The maximum absolute atomic E-state index is 11.7. The summed E-state index contributed by atoms with van der Waals surface area (Å²) in [7, 11) is 9.35. The Hall–Kier alpha value is -3.73. The molecule has 0 aromatic rings. The second-order valence-corrected chi connectivity index (χ2v) is 24.6. The minimum Gasteiger partial charge on any atom is -0.378 e. The van der Waals surface area contributed by atoms with Gasteiger partial charge in [-0.05, 0) is 0 Å². The van der Waals surface area contributed by atoms with Gasteiger partial charge in [0.1, 0.15) is 20.2 Å². The fourth-order valence-corrected chi connectivity index (χ4v) is 8.91. The van der Waals surface area contributed by atoms with Gasteiger partial charge in [-0.25, -0.2) is 9.59 Å². The number of rotatable bonds is 45. The van der Waals surface area contributed by atoms with Gasteiger partial charge in [0.15, 0.2) is 0 Å². The highest BCUT2D eigenvalue weighted by Crippen LogP contribution is 2.53. The molecule has 0 aromatic carbocycles. The van der Waals surface area contributed by atoms with E-state index in [1.54, 1.807) is 64.8 Å². The lowest BCUT2D eigenvalue weighted by atomic mass is 10.3. The number of ether oxygens (including phenoxy) is 9.